The second-order valence-corrected chi connectivity index (χ2v) is 25.3. The first-order valence-electron chi connectivity index (χ1n) is 30.1. The molecule has 4 saturated heterocycles. The van der Waals surface area contributed by atoms with Crippen LogP contribution in [0.15, 0.2) is 72.3 Å². The minimum absolute atomic E-state index is 0.0361. The fraction of sp³-hybridized carbons (Fsp3) is 0.746. The van der Waals surface area contributed by atoms with Crippen molar-refractivity contribution < 1.29 is 101 Å². The topological polar surface area (TPSA) is 265 Å². The molecule has 468 valence electrons. The molecule has 0 radical (unpaired) electrons. The zero-order valence-electron chi connectivity index (χ0n) is 50.3. The average Bonchev–Trinajstić information content (AvgIpc) is 1.34. The van der Waals surface area contributed by atoms with E-state index in [9.17, 15) is 35.1 Å². The van der Waals surface area contributed by atoms with Crippen molar-refractivity contribution in [3.63, 3.8) is 0 Å². The molecule has 4 heterocycles. The third kappa shape index (κ3) is 11.3. The van der Waals surface area contributed by atoms with Crippen LogP contribution in [-0.2, 0) is 66.3 Å². The molecule has 0 aromatic heterocycles. The summed E-state index contributed by atoms with van der Waals surface area (Å²) in [6.07, 6.45) is -9.36. The lowest BCUT2D eigenvalue weighted by Gasteiger charge is -2.67. The Morgan fingerprint density at radius 1 is 0.595 bits per heavy atom. The molecule has 3 saturated carbocycles. The van der Waals surface area contributed by atoms with Gasteiger partial charge in [-0.25, -0.2) is 9.59 Å². The van der Waals surface area contributed by atoms with Crippen LogP contribution >= 0.6 is 0 Å². The number of hydrogen-bond donors (Lipinski definition) is 5. The van der Waals surface area contributed by atoms with E-state index in [1.165, 1.54) is 7.11 Å². The first-order chi connectivity index (χ1) is 40.0. The van der Waals surface area contributed by atoms with Crippen molar-refractivity contribution >= 4 is 11.9 Å². The van der Waals surface area contributed by atoms with Crippen LogP contribution in [0.3, 0.4) is 0 Å². The molecule has 21 nitrogen and oxygen atoms in total. The molecular weight excluding hydrogens is 1090 g/mol. The number of benzene rings is 2. The second-order valence-electron chi connectivity index (χ2n) is 25.3. The summed E-state index contributed by atoms with van der Waals surface area (Å²) < 4.78 is 87.5. The number of hydrogen-bond acceptors (Lipinski definition) is 21. The Balaban J connectivity index is 0.773. The Hall–Kier alpha value is -3.56. The molecule has 84 heavy (non-hydrogen) atoms. The summed E-state index contributed by atoms with van der Waals surface area (Å²) >= 11 is 0. The molecule has 26 atom stereocenters. The highest BCUT2D eigenvalue weighted by Crippen LogP contribution is 2.71. The number of aliphatic hydroxyl groups is 5. The number of ether oxygens (including phenoxy) is 14. The molecular formula is C63H90O21. The first kappa shape index (κ1) is 63.5. The summed E-state index contributed by atoms with van der Waals surface area (Å²) in [5, 5.41) is 61.2. The van der Waals surface area contributed by atoms with Gasteiger partial charge >= 0.3 is 11.9 Å². The molecule has 21 heteroatoms. The fourth-order valence-electron chi connectivity index (χ4n) is 15.9. The van der Waals surface area contributed by atoms with Gasteiger partial charge in [0.25, 0.3) is 0 Å². The van der Waals surface area contributed by atoms with Gasteiger partial charge in [-0.3, -0.25) is 0 Å². The Bertz CT molecular complexity index is 2600. The van der Waals surface area contributed by atoms with Gasteiger partial charge in [0.05, 0.1) is 65.4 Å². The fourth-order valence-corrected chi connectivity index (χ4v) is 15.9. The summed E-state index contributed by atoms with van der Waals surface area (Å²) in [4.78, 5) is 27.6. The van der Waals surface area contributed by atoms with E-state index in [4.69, 9.17) is 66.3 Å². The molecule has 5 N–H and O–H groups in total. The number of aliphatic hydroxyl groups excluding tert-OH is 2. The van der Waals surface area contributed by atoms with E-state index in [-0.39, 0.29) is 31.8 Å². The molecule has 2 aromatic carbocycles. The number of fused-ring (bicyclic) bond motifs is 5. The minimum Gasteiger partial charge on any atom is -0.458 e. The maximum atomic E-state index is 14.1. The van der Waals surface area contributed by atoms with Crippen LogP contribution in [0.1, 0.15) is 133 Å². The quantitative estimate of drug-likeness (QED) is 0.0972. The molecule has 7 fully saturated rings. The zero-order valence-corrected chi connectivity index (χ0v) is 50.3. The van der Waals surface area contributed by atoms with Crippen LogP contribution in [-0.4, -0.2) is 206 Å². The van der Waals surface area contributed by atoms with Crippen molar-refractivity contribution in [2.75, 3.05) is 28.4 Å². The molecule has 0 unspecified atom stereocenters. The van der Waals surface area contributed by atoms with Gasteiger partial charge in [0.15, 0.2) is 25.2 Å². The van der Waals surface area contributed by atoms with Gasteiger partial charge in [-0.05, 0) is 109 Å². The number of carbonyl (C=O) groups is 2. The summed E-state index contributed by atoms with van der Waals surface area (Å²) in [6, 6.07) is 17.0. The standard InChI is InChI=1S/C63H90O21/c1-33-50(64)55(74-11)51(65)58(78-33)84-54-36(4)77-49(31-44(54)73-10)83-53-35(3)76-48(30-43(53)72-9)82-52-34(2)75-47(29-42(52)71-8)80-41-23-24-59(6)40(28-41)22-25-62(69)45(59)32-46(81-57(67)39-20-16-13-17-21-39)60(7)61(68,26-27-63(60,62)70)37(5)79-56(66)38-18-14-12-15-19-38/h12-22,33-37,41-55,58,64-65,68-70H,23-32H2,1-11H3/t33-,34-,35-,36-,37+,41+,42-,43+,44+,45-,46-,47+,48+,49+,50+,51-,52-,53-,54-,55+,58+,59+,60-,61+,62+,63-/m1/s1. The lowest BCUT2D eigenvalue weighted by atomic mass is 9.42. The van der Waals surface area contributed by atoms with Crippen molar-refractivity contribution in [3.05, 3.63) is 83.4 Å². The Morgan fingerprint density at radius 2 is 1.11 bits per heavy atom. The van der Waals surface area contributed by atoms with Crippen LogP contribution in [0, 0.1) is 16.7 Å². The van der Waals surface area contributed by atoms with Gasteiger partial charge in [-0.2, -0.15) is 0 Å². The SMILES string of the molecule is CO[C@H]1[C@@H](O)[C@@H](C)O[C@@H](O[C@H]2[C@@H](OC)C[C@H](O[C@H]3[C@@H](OC)C[C@H](O[C@@H]4[C@@H](C)O[C@@H](O[C@H]5CC[C@@]6(C)C(=CC[C@]7(O)[C@@H]6C[C@@H](OC(=O)c6ccccc6)[C@@]6(C)[C@]7(O)CC[C@]6(O)[C@H](C)OC(=O)c6ccccc6)C5)C[C@H]4OC)O[C@@H]3C)O[C@@H]2C)[C@@H]1O. The second kappa shape index (κ2) is 25.1. The third-order valence-corrected chi connectivity index (χ3v) is 20.9. The highest BCUT2D eigenvalue weighted by atomic mass is 16.8. The van der Waals surface area contributed by atoms with Gasteiger partial charge in [0.1, 0.15) is 65.6 Å². The molecule has 2 aromatic rings. The molecule has 0 spiro atoms. The maximum Gasteiger partial charge on any atom is 0.338 e. The molecule has 8 aliphatic rings. The summed E-state index contributed by atoms with van der Waals surface area (Å²) in [5.41, 5.74) is -6.42. The normalized spacial score (nSPS) is 46.2. The van der Waals surface area contributed by atoms with E-state index in [0.29, 0.717) is 49.7 Å². The molecule has 4 aliphatic carbocycles. The maximum absolute atomic E-state index is 14.1. The number of esters is 2. The van der Waals surface area contributed by atoms with Crippen molar-refractivity contribution in [2.45, 2.75) is 252 Å². The van der Waals surface area contributed by atoms with Crippen molar-refractivity contribution in [2.24, 2.45) is 16.7 Å². The average molecular weight is 1180 g/mol. The summed E-state index contributed by atoms with van der Waals surface area (Å²) in [5.74, 6) is -1.89. The van der Waals surface area contributed by atoms with Crippen molar-refractivity contribution in [3.8, 4) is 0 Å². The number of carbonyl (C=O) groups excluding carboxylic acids is 2. The van der Waals surface area contributed by atoms with E-state index >= 15 is 0 Å². The predicted molar refractivity (Wildman–Crippen MR) is 298 cm³/mol. The van der Waals surface area contributed by atoms with Crippen LogP contribution in [0.2, 0.25) is 0 Å². The van der Waals surface area contributed by atoms with Gasteiger partial charge in [0.2, 0.25) is 0 Å². The molecule has 4 aliphatic heterocycles. The largest absolute Gasteiger partial charge is 0.458 e. The van der Waals surface area contributed by atoms with Crippen LogP contribution in [0.25, 0.3) is 0 Å². The van der Waals surface area contributed by atoms with E-state index in [1.54, 1.807) is 103 Å². The van der Waals surface area contributed by atoms with E-state index in [0.717, 1.165) is 5.57 Å². The third-order valence-electron chi connectivity index (χ3n) is 20.9. The lowest BCUT2D eigenvalue weighted by molar-refractivity contribution is -0.356. The Labute approximate surface area is 492 Å². The zero-order chi connectivity index (χ0) is 60.3. The summed E-state index contributed by atoms with van der Waals surface area (Å²) in [7, 11) is 6.24. The molecule has 10 rings (SSSR count). The van der Waals surface area contributed by atoms with E-state index < -0.39 is 162 Å². The van der Waals surface area contributed by atoms with Gasteiger partial charge in [-0.15, -0.1) is 0 Å². The highest BCUT2D eigenvalue weighted by Gasteiger charge is 2.81. The molecule has 0 bridgehead atoms. The molecule has 0 amide bonds. The van der Waals surface area contributed by atoms with Crippen LogP contribution in [0.4, 0.5) is 0 Å². The van der Waals surface area contributed by atoms with Crippen LogP contribution < -0.4 is 0 Å². The first-order valence-corrected chi connectivity index (χ1v) is 30.1. The van der Waals surface area contributed by atoms with Gasteiger partial charge < -0.3 is 91.8 Å². The predicted octanol–water partition coefficient (Wildman–Crippen LogP) is 5.46. The van der Waals surface area contributed by atoms with E-state index in [1.807, 2.05) is 26.8 Å². The van der Waals surface area contributed by atoms with Crippen molar-refractivity contribution in [1.29, 1.82) is 0 Å². The Morgan fingerprint density at radius 3 is 1.63 bits per heavy atom. The number of methoxy groups -OCH3 is 4. The van der Waals surface area contributed by atoms with Gasteiger partial charge in [0, 0.05) is 53.6 Å². The van der Waals surface area contributed by atoms with Gasteiger partial charge in [-0.1, -0.05) is 61.9 Å². The highest BCUT2D eigenvalue weighted by molar-refractivity contribution is 5.90. The minimum atomic E-state index is -2.00. The van der Waals surface area contributed by atoms with Crippen molar-refractivity contribution in [1.82, 2.24) is 0 Å². The Kier molecular flexibility index (Phi) is 19.0. The van der Waals surface area contributed by atoms with E-state index in [2.05, 4.69) is 6.92 Å². The smallest absolute Gasteiger partial charge is 0.338 e. The monoisotopic (exact) mass is 1180 g/mol. The summed E-state index contributed by atoms with van der Waals surface area (Å²) in [6.45, 7) is 12.7. The lowest BCUT2D eigenvalue weighted by Crippen LogP contribution is -2.78. The number of rotatable bonds is 17. The van der Waals surface area contributed by atoms with Crippen LogP contribution in [0.5, 0.6) is 0 Å².